The highest BCUT2D eigenvalue weighted by molar-refractivity contribution is 6.18. The molecule has 0 bridgehead atoms. The lowest BCUT2D eigenvalue weighted by Crippen LogP contribution is -2.51. The van der Waals surface area contributed by atoms with Gasteiger partial charge in [-0.2, -0.15) is 0 Å². The number of pyridine rings is 1. The summed E-state index contributed by atoms with van der Waals surface area (Å²) in [5.74, 6) is -1.35. The Kier molecular flexibility index (Phi) is 4.04. The molecule has 2 aliphatic rings. The lowest BCUT2D eigenvalue weighted by molar-refractivity contribution is -0.138. The molecule has 150 valence electrons. The standard InChI is InChI=1S/C21H21N3O5/c1-5-24-13-9-7-6-8-12(13)21(20(24)27)15-14(10-11(2)23(3)18(15)25)29-17(22)16(21)19(26)28-4/h6-10H,5,22H2,1-4H3/t21-/m1/s1. The zero-order chi connectivity index (χ0) is 21.1. The minimum Gasteiger partial charge on any atom is -0.465 e. The zero-order valence-electron chi connectivity index (χ0n) is 16.6. The third kappa shape index (κ3) is 2.16. The number of likely N-dealkylation sites (N-methyl/N-ethyl adjacent to an activating group) is 1. The highest BCUT2D eigenvalue weighted by Crippen LogP contribution is 2.54. The molecule has 3 heterocycles. The van der Waals surface area contributed by atoms with Crippen molar-refractivity contribution in [3.63, 3.8) is 0 Å². The maximum absolute atomic E-state index is 13.9. The number of aryl methyl sites for hydroxylation is 1. The molecular formula is C21H21N3O5. The molecule has 4 rings (SSSR count). The van der Waals surface area contributed by atoms with Crippen LogP contribution in [-0.4, -0.2) is 30.1 Å². The van der Waals surface area contributed by atoms with E-state index in [0.29, 0.717) is 23.5 Å². The third-order valence-corrected chi connectivity index (χ3v) is 5.72. The maximum Gasteiger partial charge on any atom is 0.340 e. The van der Waals surface area contributed by atoms with Gasteiger partial charge in [0.15, 0.2) is 0 Å². The number of carbonyl (C=O) groups excluding carboxylic acids is 2. The van der Waals surface area contributed by atoms with Crippen molar-refractivity contribution in [3.8, 4) is 5.75 Å². The Bertz CT molecular complexity index is 1160. The Morgan fingerprint density at radius 1 is 1.28 bits per heavy atom. The van der Waals surface area contributed by atoms with Crippen molar-refractivity contribution in [2.24, 2.45) is 12.8 Å². The number of hydrogen-bond donors (Lipinski definition) is 1. The van der Waals surface area contributed by atoms with Gasteiger partial charge in [0.05, 0.1) is 12.7 Å². The second-order valence-corrected chi connectivity index (χ2v) is 7.04. The highest BCUT2D eigenvalue weighted by atomic mass is 16.5. The van der Waals surface area contributed by atoms with Crippen LogP contribution in [0.25, 0.3) is 0 Å². The number of hydrogen-bond acceptors (Lipinski definition) is 6. The summed E-state index contributed by atoms with van der Waals surface area (Å²) in [4.78, 5) is 41.7. The summed E-state index contributed by atoms with van der Waals surface area (Å²) < 4.78 is 12.0. The number of rotatable bonds is 2. The van der Waals surface area contributed by atoms with E-state index < -0.39 is 22.9 Å². The first-order valence-corrected chi connectivity index (χ1v) is 9.19. The lowest BCUT2D eigenvalue weighted by atomic mass is 9.68. The van der Waals surface area contributed by atoms with Crippen LogP contribution in [-0.2, 0) is 26.8 Å². The number of ether oxygens (including phenoxy) is 2. The molecule has 0 fully saturated rings. The fraction of sp³-hybridized carbons (Fsp3) is 0.286. The van der Waals surface area contributed by atoms with E-state index in [-0.39, 0.29) is 22.8 Å². The molecule has 8 heteroatoms. The van der Waals surface area contributed by atoms with Crippen LogP contribution in [0.3, 0.4) is 0 Å². The van der Waals surface area contributed by atoms with Crippen molar-refractivity contribution in [1.29, 1.82) is 0 Å². The normalized spacial score (nSPS) is 19.9. The number of anilines is 1. The van der Waals surface area contributed by atoms with Crippen LogP contribution in [0.2, 0.25) is 0 Å². The molecule has 0 unspecified atom stereocenters. The number of nitrogens with two attached hydrogens (primary N) is 1. The summed E-state index contributed by atoms with van der Waals surface area (Å²) in [5, 5.41) is 0. The number of esters is 1. The molecule has 1 aromatic heterocycles. The van der Waals surface area contributed by atoms with Gasteiger partial charge in [-0.3, -0.25) is 9.59 Å². The Labute approximate surface area is 167 Å². The minimum atomic E-state index is -1.74. The van der Waals surface area contributed by atoms with Crippen LogP contribution in [0.4, 0.5) is 5.69 Å². The molecule has 1 atom stereocenters. The molecule has 2 N–H and O–H groups in total. The predicted octanol–water partition coefficient (Wildman–Crippen LogP) is 1.08. The van der Waals surface area contributed by atoms with Gasteiger partial charge in [-0.15, -0.1) is 0 Å². The van der Waals surface area contributed by atoms with Gasteiger partial charge < -0.3 is 24.7 Å². The first kappa shape index (κ1) is 18.8. The average molecular weight is 395 g/mol. The van der Waals surface area contributed by atoms with E-state index in [9.17, 15) is 14.4 Å². The van der Waals surface area contributed by atoms with Crippen molar-refractivity contribution in [2.75, 3.05) is 18.6 Å². The molecule has 2 aromatic rings. The van der Waals surface area contributed by atoms with E-state index in [0.717, 1.165) is 0 Å². The second kappa shape index (κ2) is 6.23. The summed E-state index contributed by atoms with van der Waals surface area (Å²) in [7, 11) is 2.80. The number of fused-ring (bicyclic) bond motifs is 4. The molecular weight excluding hydrogens is 374 g/mol. The smallest absolute Gasteiger partial charge is 0.340 e. The number of methoxy groups -OCH3 is 1. The fourth-order valence-corrected chi connectivity index (χ4v) is 4.30. The van der Waals surface area contributed by atoms with E-state index in [1.54, 1.807) is 49.2 Å². The van der Waals surface area contributed by atoms with Crippen LogP contribution in [0.15, 0.2) is 46.6 Å². The van der Waals surface area contributed by atoms with Crippen molar-refractivity contribution in [3.05, 3.63) is 69.0 Å². The van der Waals surface area contributed by atoms with Crippen LogP contribution >= 0.6 is 0 Å². The molecule has 8 nitrogen and oxygen atoms in total. The van der Waals surface area contributed by atoms with Crippen molar-refractivity contribution >= 4 is 17.6 Å². The summed E-state index contributed by atoms with van der Waals surface area (Å²) in [5.41, 5.74) is 5.60. The molecule has 1 amide bonds. The Morgan fingerprint density at radius 3 is 2.62 bits per heavy atom. The predicted molar refractivity (Wildman–Crippen MR) is 106 cm³/mol. The Balaban J connectivity index is 2.24. The van der Waals surface area contributed by atoms with Gasteiger partial charge in [0.1, 0.15) is 16.7 Å². The number of amides is 1. The van der Waals surface area contributed by atoms with Crippen molar-refractivity contribution < 1.29 is 19.1 Å². The molecule has 0 radical (unpaired) electrons. The quantitative estimate of drug-likeness (QED) is 0.764. The third-order valence-electron chi connectivity index (χ3n) is 5.72. The van der Waals surface area contributed by atoms with E-state index in [4.69, 9.17) is 15.2 Å². The van der Waals surface area contributed by atoms with Gasteiger partial charge in [0.25, 0.3) is 5.56 Å². The number of aromatic nitrogens is 1. The summed E-state index contributed by atoms with van der Waals surface area (Å²) in [6.07, 6.45) is 0. The van der Waals surface area contributed by atoms with Crippen LogP contribution in [0.1, 0.15) is 23.7 Å². The summed E-state index contributed by atoms with van der Waals surface area (Å²) >= 11 is 0. The monoisotopic (exact) mass is 395 g/mol. The highest BCUT2D eigenvalue weighted by Gasteiger charge is 2.62. The Hall–Kier alpha value is -3.55. The molecule has 2 aliphatic heterocycles. The number of para-hydroxylation sites is 1. The molecule has 0 aliphatic carbocycles. The fourth-order valence-electron chi connectivity index (χ4n) is 4.30. The first-order valence-electron chi connectivity index (χ1n) is 9.19. The topological polar surface area (TPSA) is 104 Å². The summed E-state index contributed by atoms with van der Waals surface area (Å²) in [6, 6.07) is 8.71. The molecule has 0 saturated heterocycles. The van der Waals surface area contributed by atoms with Gasteiger partial charge in [-0.1, -0.05) is 18.2 Å². The van der Waals surface area contributed by atoms with E-state index in [2.05, 4.69) is 0 Å². The van der Waals surface area contributed by atoms with Crippen molar-refractivity contribution in [1.82, 2.24) is 4.57 Å². The maximum atomic E-state index is 13.9. The number of carbonyl (C=O) groups is 2. The van der Waals surface area contributed by atoms with Crippen LogP contribution < -0.4 is 20.9 Å². The van der Waals surface area contributed by atoms with Gasteiger partial charge in [-0.25, -0.2) is 4.79 Å². The van der Waals surface area contributed by atoms with Gasteiger partial charge in [0, 0.05) is 36.6 Å². The first-order chi connectivity index (χ1) is 13.8. The Morgan fingerprint density at radius 2 is 1.97 bits per heavy atom. The van der Waals surface area contributed by atoms with Crippen LogP contribution in [0, 0.1) is 6.92 Å². The molecule has 0 saturated carbocycles. The van der Waals surface area contributed by atoms with E-state index in [1.807, 2.05) is 6.92 Å². The summed E-state index contributed by atoms with van der Waals surface area (Å²) in [6.45, 7) is 3.93. The average Bonchev–Trinajstić information content (AvgIpc) is 2.94. The largest absolute Gasteiger partial charge is 0.465 e. The van der Waals surface area contributed by atoms with Crippen LogP contribution in [0.5, 0.6) is 5.75 Å². The number of nitrogens with zero attached hydrogens (tertiary/aromatic N) is 2. The minimum absolute atomic E-state index is 0.0635. The van der Waals surface area contributed by atoms with E-state index in [1.165, 1.54) is 11.7 Å². The second-order valence-electron chi connectivity index (χ2n) is 7.04. The number of benzene rings is 1. The van der Waals surface area contributed by atoms with Gasteiger partial charge in [-0.05, 0) is 19.9 Å². The molecule has 1 spiro atoms. The lowest BCUT2D eigenvalue weighted by Gasteiger charge is -2.35. The van der Waals surface area contributed by atoms with Crippen molar-refractivity contribution in [2.45, 2.75) is 19.3 Å². The zero-order valence-corrected chi connectivity index (χ0v) is 16.6. The molecule has 29 heavy (non-hydrogen) atoms. The van der Waals surface area contributed by atoms with Gasteiger partial charge in [0.2, 0.25) is 11.8 Å². The van der Waals surface area contributed by atoms with Gasteiger partial charge >= 0.3 is 5.97 Å². The molecule has 1 aromatic carbocycles. The van der Waals surface area contributed by atoms with E-state index >= 15 is 0 Å². The SMILES string of the molecule is CCN1C(=O)[C@]2(C(C(=O)OC)=C(N)Oc3cc(C)n(C)c(=O)c32)c2ccccc21.